The summed E-state index contributed by atoms with van der Waals surface area (Å²) in [4.78, 5) is 28.5. The van der Waals surface area contributed by atoms with Crippen LogP contribution in [0.15, 0.2) is 78.9 Å². The van der Waals surface area contributed by atoms with Crippen molar-refractivity contribution in [3.05, 3.63) is 106 Å². The van der Waals surface area contributed by atoms with Gasteiger partial charge in [0, 0.05) is 30.1 Å². The van der Waals surface area contributed by atoms with Gasteiger partial charge in [-0.2, -0.15) is 0 Å². The first-order valence-corrected chi connectivity index (χ1v) is 11.8. The maximum absolute atomic E-state index is 14.6. The molecule has 3 aromatic rings. The molecule has 0 spiro atoms. The number of nitrogens with zero attached hydrogens (tertiary/aromatic N) is 1. The van der Waals surface area contributed by atoms with Gasteiger partial charge in [-0.3, -0.25) is 9.59 Å². The van der Waals surface area contributed by atoms with E-state index in [0.29, 0.717) is 29.1 Å². The summed E-state index contributed by atoms with van der Waals surface area (Å²) < 4.78 is 14.6. The maximum Gasteiger partial charge on any atom is 0.243 e. The summed E-state index contributed by atoms with van der Waals surface area (Å²) in [5, 5.41) is 3.44. The van der Waals surface area contributed by atoms with Crippen LogP contribution in [0.3, 0.4) is 0 Å². The number of amides is 2. The number of carbonyl (C=O) groups is 2. The molecular formula is C28H30ClFN2O2. The van der Waals surface area contributed by atoms with Crippen LogP contribution in [-0.2, 0) is 29.0 Å². The predicted molar refractivity (Wildman–Crippen MR) is 134 cm³/mol. The van der Waals surface area contributed by atoms with Crippen LogP contribution in [-0.4, -0.2) is 29.3 Å². The molecule has 1 atom stereocenters. The highest BCUT2D eigenvalue weighted by molar-refractivity contribution is 6.31. The number of carbonyl (C=O) groups excluding carboxylic acids is 2. The fourth-order valence-corrected chi connectivity index (χ4v) is 3.90. The smallest absolute Gasteiger partial charge is 0.243 e. The molecule has 2 amide bonds. The van der Waals surface area contributed by atoms with Gasteiger partial charge < -0.3 is 10.2 Å². The van der Waals surface area contributed by atoms with E-state index in [4.69, 9.17) is 11.6 Å². The lowest BCUT2D eigenvalue weighted by Gasteiger charge is -2.32. The predicted octanol–water partition coefficient (Wildman–Crippen LogP) is 5.43. The van der Waals surface area contributed by atoms with E-state index in [2.05, 4.69) is 5.32 Å². The molecule has 0 aromatic heterocycles. The fourth-order valence-electron chi connectivity index (χ4n) is 3.69. The third-order valence-electron chi connectivity index (χ3n) is 5.55. The topological polar surface area (TPSA) is 49.4 Å². The van der Waals surface area contributed by atoms with Gasteiger partial charge >= 0.3 is 0 Å². The number of hydrogen-bond acceptors (Lipinski definition) is 2. The van der Waals surface area contributed by atoms with E-state index >= 15 is 0 Å². The molecule has 0 aliphatic carbocycles. The molecule has 178 valence electrons. The zero-order valence-electron chi connectivity index (χ0n) is 19.5. The van der Waals surface area contributed by atoms with Crippen LogP contribution in [0.5, 0.6) is 0 Å². The molecule has 3 aromatic carbocycles. The molecule has 4 nitrogen and oxygen atoms in total. The highest BCUT2D eigenvalue weighted by Crippen LogP contribution is 2.21. The molecule has 0 radical (unpaired) electrons. The zero-order chi connectivity index (χ0) is 24.5. The molecule has 0 saturated heterocycles. The van der Waals surface area contributed by atoms with Crippen molar-refractivity contribution in [2.45, 2.75) is 39.3 Å². The van der Waals surface area contributed by atoms with Crippen molar-refractivity contribution in [3.8, 4) is 0 Å². The Morgan fingerprint density at radius 2 is 1.53 bits per heavy atom. The Labute approximate surface area is 205 Å². The van der Waals surface area contributed by atoms with E-state index in [9.17, 15) is 14.0 Å². The minimum Gasteiger partial charge on any atom is -0.354 e. The molecule has 3 rings (SSSR count). The highest BCUT2D eigenvalue weighted by Gasteiger charge is 2.31. The van der Waals surface area contributed by atoms with Gasteiger partial charge in [0.05, 0.1) is 6.42 Å². The van der Waals surface area contributed by atoms with Crippen LogP contribution in [0.1, 0.15) is 30.5 Å². The third-order valence-corrected chi connectivity index (χ3v) is 5.92. The number of nitrogens with one attached hydrogen (secondary N) is 1. The minimum absolute atomic E-state index is 0.0108. The van der Waals surface area contributed by atoms with Gasteiger partial charge in [0.15, 0.2) is 0 Å². The fraction of sp³-hybridized carbons (Fsp3) is 0.286. The second-order valence-electron chi connectivity index (χ2n) is 8.73. The first-order chi connectivity index (χ1) is 16.3. The Kier molecular flexibility index (Phi) is 9.23. The van der Waals surface area contributed by atoms with Gasteiger partial charge in [0.2, 0.25) is 11.8 Å². The van der Waals surface area contributed by atoms with Crippen molar-refractivity contribution in [2.24, 2.45) is 5.92 Å². The standard InChI is InChI=1S/C28H30ClFN2O2/c1-20(2)18-31-28(34)26(16-21-10-4-3-5-11-21)32(19-23-13-7-9-15-25(23)30)27(33)17-22-12-6-8-14-24(22)29/h3-15,20,26H,16-19H2,1-2H3,(H,31,34)/t26-/m1/s1. The van der Waals surface area contributed by atoms with Crippen LogP contribution in [0.2, 0.25) is 5.02 Å². The summed E-state index contributed by atoms with van der Waals surface area (Å²) in [6.07, 6.45) is 0.324. The van der Waals surface area contributed by atoms with Crippen LogP contribution < -0.4 is 5.32 Å². The van der Waals surface area contributed by atoms with Gasteiger partial charge in [0.1, 0.15) is 11.9 Å². The SMILES string of the molecule is CC(C)CNC(=O)[C@@H](Cc1ccccc1)N(Cc1ccccc1F)C(=O)Cc1ccccc1Cl. The molecular weight excluding hydrogens is 451 g/mol. The van der Waals surface area contributed by atoms with Gasteiger partial charge in [-0.25, -0.2) is 4.39 Å². The van der Waals surface area contributed by atoms with Crippen LogP contribution in [0.25, 0.3) is 0 Å². The van der Waals surface area contributed by atoms with Crippen molar-refractivity contribution in [2.75, 3.05) is 6.54 Å². The second-order valence-corrected chi connectivity index (χ2v) is 9.13. The number of rotatable bonds is 10. The molecule has 0 aliphatic rings. The van der Waals surface area contributed by atoms with E-state index in [0.717, 1.165) is 5.56 Å². The summed E-state index contributed by atoms with van der Waals surface area (Å²) >= 11 is 6.30. The molecule has 0 bridgehead atoms. The van der Waals surface area contributed by atoms with E-state index in [-0.39, 0.29) is 30.7 Å². The van der Waals surface area contributed by atoms with Gasteiger partial charge in [0.25, 0.3) is 0 Å². The van der Waals surface area contributed by atoms with Crippen LogP contribution >= 0.6 is 11.6 Å². The lowest BCUT2D eigenvalue weighted by Crippen LogP contribution is -2.51. The van der Waals surface area contributed by atoms with E-state index in [1.165, 1.54) is 11.0 Å². The third kappa shape index (κ3) is 7.16. The number of halogens is 2. The molecule has 0 saturated carbocycles. The summed E-state index contributed by atoms with van der Waals surface area (Å²) in [7, 11) is 0. The van der Waals surface area contributed by atoms with Crippen molar-refractivity contribution in [1.29, 1.82) is 0 Å². The Morgan fingerprint density at radius 1 is 0.912 bits per heavy atom. The van der Waals surface area contributed by atoms with Crippen LogP contribution in [0.4, 0.5) is 4.39 Å². The van der Waals surface area contributed by atoms with E-state index in [1.54, 1.807) is 36.4 Å². The largest absolute Gasteiger partial charge is 0.354 e. The van der Waals surface area contributed by atoms with E-state index in [1.807, 2.05) is 50.2 Å². The first-order valence-electron chi connectivity index (χ1n) is 11.4. The molecule has 1 N–H and O–H groups in total. The summed E-state index contributed by atoms with van der Waals surface area (Å²) in [5.41, 5.74) is 1.93. The monoisotopic (exact) mass is 480 g/mol. The highest BCUT2D eigenvalue weighted by atomic mass is 35.5. The lowest BCUT2D eigenvalue weighted by molar-refractivity contribution is -0.140. The van der Waals surface area contributed by atoms with Crippen molar-refractivity contribution < 1.29 is 14.0 Å². The quantitative estimate of drug-likeness (QED) is 0.420. The number of hydrogen-bond donors (Lipinski definition) is 1. The number of benzene rings is 3. The molecule has 0 fully saturated rings. The molecule has 0 aliphatic heterocycles. The van der Waals surface area contributed by atoms with Crippen LogP contribution in [0, 0.1) is 11.7 Å². The zero-order valence-corrected chi connectivity index (χ0v) is 20.3. The molecule has 0 heterocycles. The van der Waals surface area contributed by atoms with Gasteiger partial charge in [-0.15, -0.1) is 0 Å². The van der Waals surface area contributed by atoms with Crippen molar-refractivity contribution in [1.82, 2.24) is 10.2 Å². The average molecular weight is 481 g/mol. The second kappa shape index (κ2) is 12.3. The summed E-state index contributed by atoms with van der Waals surface area (Å²) in [5.74, 6) is -0.724. The molecule has 6 heteroatoms. The normalized spacial score (nSPS) is 11.8. The average Bonchev–Trinajstić information content (AvgIpc) is 2.83. The molecule has 34 heavy (non-hydrogen) atoms. The van der Waals surface area contributed by atoms with Gasteiger partial charge in [-0.05, 0) is 29.2 Å². The minimum atomic E-state index is -0.809. The van der Waals surface area contributed by atoms with Crippen molar-refractivity contribution in [3.63, 3.8) is 0 Å². The van der Waals surface area contributed by atoms with E-state index < -0.39 is 11.9 Å². The first kappa shape index (κ1) is 25.4. The van der Waals surface area contributed by atoms with Crippen molar-refractivity contribution >= 4 is 23.4 Å². The Bertz CT molecular complexity index is 1100. The maximum atomic E-state index is 14.6. The summed E-state index contributed by atoms with van der Waals surface area (Å²) in [6, 6.07) is 22.2. The Morgan fingerprint density at radius 3 is 2.18 bits per heavy atom. The van der Waals surface area contributed by atoms with Gasteiger partial charge in [-0.1, -0.05) is 92.2 Å². The lowest BCUT2D eigenvalue weighted by atomic mass is 10.0. The summed E-state index contributed by atoms with van der Waals surface area (Å²) in [6.45, 7) is 4.47. The molecule has 0 unspecified atom stereocenters. The Hall–Kier alpha value is -3.18. The Balaban J connectivity index is 1.98.